The third-order valence-electron chi connectivity index (χ3n) is 4.30. The van der Waals surface area contributed by atoms with E-state index in [1.54, 1.807) is 0 Å². The lowest BCUT2D eigenvalue weighted by molar-refractivity contribution is 0.248. The van der Waals surface area contributed by atoms with Crippen molar-refractivity contribution in [3.8, 4) is 17.6 Å². The number of allylic oxidation sites excluding steroid dienone is 1. The summed E-state index contributed by atoms with van der Waals surface area (Å²) in [5, 5.41) is 9.74. The number of imidazole rings is 1. The average molecular weight is 375 g/mol. The van der Waals surface area contributed by atoms with Crippen LogP contribution in [0.3, 0.4) is 0 Å². The number of benzene rings is 2. The van der Waals surface area contributed by atoms with Crippen LogP contribution in [0.5, 0.6) is 11.5 Å². The highest BCUT2D eigenvalue weighted by Gasteiger charge is 2.13. The Labute approximate surface area is 165 Å². The SMILES string of the molecule is CCOc1cc(/C=C(\C#N)c2nc3ccccc3n2C)ccc1OCC(C)C. The van der Waals surface area contributed by atoms with E-state index in [9.17, 15) is 5.26 Å². The second-order valence-corrected chi connectivity index (χ2v) is 7.00. The maximum absolute atomic E-state index is 9.74. The third kappa shape index (κ3) is 4.17. The number of rotatable bonds is 7. The van der Waals surface area contributed by atoms with E-state index in [2.05, 4.69) is 24.9 Å². The van der Waals surface area contributed by atoms with Crippen molar-refractivity contribution in [1.82, 2.24) is 9.55 Å². The number of nitrogens with zero attached hydrogens (tertiary/aromatic N) is 3. The van der Waals surface area contributed by atoms with Crippen LogP contribution in [0.2, 0.25) is 0 Å². The van der Waals surface area contributed by atoms with Gasteiger partial charge in [0, 0.05) is 7.05 Å². The fourth-order valence-corrected chi connectivity index (χ4v) is 2.96. The van der Waals surface area contributed by atoms with E-state index in [4.69, 9.17) is 9.47 Å². The fraction of sp³-hybridized carbons (Fsp3) is 0.304. The molecule has 0 spiro atoms. The Bertz CT molecular complexity index is 1040. The summed E-state index contributed by atoms with van der Waals surface area (Å²) in [4.78, 5) is 4.62. The van der Waals surface area contributed by atoms with Gasteiger partial charge < -0.3 is 14.0 Å². The summed E-state index contributed by atoms with van der Waals surface area (Å²) in [5.74, 6) is 2.46. The van der Waals surface area contributed by atoms with Crippen molar-refractivity contribution in [2.45, 2.75) is 20.8 Å². The van der Waals surface area contributed by atoms with Gasteiger partial charge in [-0.15, -0.1) is 0 Å². The molecule has 0 unspecified atom stereocenters. The zero-order chi connectivity index (χ0) is 20.1. The first-order valence-electron chi connectivity index (χ1n) is 9.46. The Morgan fingerprint density at radius 2 is 1.96 bits per heavy atom. The van der Waals surface area contributed by atoms with Crippen LogP contribution in [0.25, 0.3) is 22.7 Å². The topological polar surface area (TPSA) is 60.1 Å². The lowest BCUT2D eigenvalue weighted by Crippen LogP contribution is -2.06. The standard InChI is InChI=1S/C23H25N3O2/c1-5-27-22-13-17(10-11-21(22)28-15-16(2)3)12-18(14-24)23-25-19-8-6-7-9-20(19)26(23)4/h6-13,16H,5,15H2,1-4H3/b18-12+. The minimum atomic E-state index is 0.428. The van der Waals surface area contributed by atoms with Crippen LogP contribution in [0.1, 0.15) is 32.2 Å². The largest absolute Gasteiger partial charge is 0.490 e. The first-order valence-corrected chi connectivity index (χ1v) is 9.46. The van der Waals surface area contributed by atoms with Gasteiger partial charge in [0.15, 0.2) is 17.3 Å². The minimum Gasteiger partial charge on any atom is -0.490 e. The lowest BCUT2D eigenvalue weighted by atomic mass is 10.1. The second-order valence-electron chi connectivity index (χ2n) is 7.00. The molecule has 0 atom stereocenters. The van der Waals surface area contributed by atoms with E-state index in [0.29, 0.717) is 42.0 Å². The molecule has 0 fully saturated rings. The molecule has 28 heavy (non-hydrogen) atoms. The van der Waals surface area contributed by atoms with Crippen molar-refractivity contribution in [2.24, 2.45) is 13.0 Å². The summed E-state index contributed by atoms with van der Waals surface area (Å²) in [5.41, 5.74) is 3.22. The van der Waals surface area contributed by atoms with Crippen LogP contribution in [-0.2, 0) is 7.05 Å². The number of nitriles is 1. The molecule has 0 amide bonds. The number of para-hydroxylation sites is 2. The number of aromatic nitrogens is 2. The number of hydrogen-bond donors (Lipinski definition) is 0. The molecular weight excluding hydrogens is 350 g/mol. The van der Waals surface area contributed by atoms with Gasteiger partial charge >= 0.3 is 0 Å². The van der Waals surface area contributed by atoms with Crippen molar-refractivity contribution in [3.63, 3.8) is 0 Å². The minimum absolute atomic E-state index is 0.428. The smallest absolute Gasteiger partial charge is 0.161 e. The molecule has 144 valence electrons. The maximum Gasteiger partial charge on any atom is 0.161 e. The van der Waals surface area contributed by atoms with E-state index in [1.165, 1.54) is 0 Å². The molecule has 0 aliphatic heterocycles. The molecule has 0 saturated heterocycles. The van der Waals surface area contributed by atoms with Crippen molar-refractivity contribution in [3.05, 3.63) is 53.9 Å². The molecule has 5 heteroatoms. The Kier molecular flexibility index (Phi) is 6.00. The van der Waals surface area contributed by atoms with Crippen molar-refractivity contribution >= 4 is 22.7 Å². The van der Waals surface area contributed by atoms with Crippen molar-refractivity contribution < 1.29 is 9.47 Å². The molecule has 3 rings (SSSR count). The van der Waals surface area contributed by atoms with E-state index < -0.39 is 0 Å². The average Bonchev–Trinajstić information content (AvgIpc) is 3.02. The van der Waals surface area contributed by atoms with Gasteiger partial charge in [-0.3, -0.25) is 0 Å². The molecule has 0 radical (unpaired) electrons. The Morgan fingerprint density at radius 1 is 1.18 bits per heavy atom. The Morgan fingerprint density at radius 3 is 2.64 bits per heavy atom. The van der Waals surface area contributed by atoms with E-state index >= 15 is 0 Å². The highest BCUT2D eigenvalue weighted by atomic mass is 16.5. The van der Waals surface area contributed by atoms with Gasteiger partial charge in [0.05, 0.1) is 29.8 Å². The highest BCUT2D eigenvalue weighted by Crippen LogP contribution is 2.31. The highest BCUT2D eigenvalue weighted by molar-refractivity contribution is 5.91. The Hall–Kier alpha value is -3.26. The number of hydrogen-bond acceptors (Lipinski definition) is 4. The van der Waals surface area contributed by atoms with Gasteiger partial charge in [-0.25, -0.2) is 4.98 Å². The first-order chi connectivity index (χ1) is 13.5. The summed E-state index contributed by atoms with van der Waals surface area (Å²) in [6.07, 6.45) is 1.83. The van der Waals surface area contributed by atoms with Crippen LogP contribution in [0, 0.1) is 17.2 Å². The molecular formula is C23H25N3O2. The zero-order valence-corrected chi connectivity index (χ0v) is 16.8. The molecule has 0 bridgehead atoms. The molecule has 2 aromatic carbocycles. The molecule has 0 N–H and O–H groups in total. The summed E-state index contributed by atoms with van der Waals surface area (Å²) in [6, 6.07) is 15.9. The molecule has 5 nitrogen and oxygen atoms in total. The van der Waals surface area contributed by atoms with Gasteiger partial charge in [0.25, 0.3) is 0 Å². The molecule has 0 saturated carbocycles. The van der Waals surface area contributed by atoms with Crippen LogP contribution >= 0.6 is 0 Å². The molecule has 0 aliphatic carbocycles. The number of aryl methyl sites for hydroxylation is 1. The van der Waals surface area contributed by atoms with Gasteiger partial charge in [-0.1, -0.05) is 32.0 Å². The number of ether oxygens (including phenoxy) is 2. The molecule has 1 aromatic heterocycles. The van der Waals surface area contributed by atoms with E-state index in [1.807, 2.05) is 67.1 Å². The van der Waals surface area contributed by atoms with Crippen LogP contribution < -0.4 is 9.47 Å². The predicted octanol–water partition coefficient (Wildman–Crippen LogP) is 5.07. The summed E-state index contributed by atoms with van der Waals surface area (Å²) in [7, 11) is 1.92. The fourth-order valence-electron chi connectivity index (χ4n) is 2.96. The number of fused-ring (bicyclic) bond motifs is 1. The zero-order valence-electron chi connectivity index (χ0n) is 16.8. The summed E-state index contributed by atoms with van der Waals surface area (Å²) < 4.78 is 13.5. The molecule has 0 aliphatic rings. The first kappa shape index (κ1) is 19.5. The molecule has 1 heterocycles. The van der Waals surface area contributed by atoms with Gasteiger partial charge in [0.2, 0.25) is 0 Å². The Balaban J connectivity index is 1.98. The van der Waals surface area contributed by atoms with E-state index in [-0.39, 0.29) is 0 Å². The third-order valence-corrected chi connectivity index (χ3v) is 4.30. The summed E-state index contributed by atoms with van der Waals surface area (Å²) in [6.45, 7) is 7.31. The lowest BCUT2D eigenvalue weighted by Gasteiger charge is -2.14. The second kappa shape index (κ2) is 8.62. The predicted molar refractivity (Wildman–Crippen MR) is 112 cm³/mol. The maximum atomic E-state index is 9.74. The quantitative estimate of drug-likeness (QED) is 0.541. The van der Waals surface area contributed by atoms with Gasteiger partial charge in [-0.05, 0) is 48.7 Å². The normalized spacial score (nSPS) is 11.6. The van der Waals surface area contributed by atoms with Crippen molar-refractivity contribution in [1.29, 1.82) is 5.26 Å². The van der Waals surface area contributed by atoms with Crippen molar-refractivity contribution in [2.75, 3.05) is 13.2 Å². The van der Waals surface area contributed by atoms with Gasteiger partial charge in [-0.2, -0.15) is 5.26 Å². The van der Waals surface area contributed by atoms with Gasteiger partial charge in [0.1, 0.15) is 6.07 Å². The monoisotopic (exact) mass is 375 g/mol. The van der Waals surface area contributed by atoms with E-state index in [0.717, 1.165) is 16.6 Å². The molecule has 3 aromatic rings. The van der Waals surface area contributed by atoms with Crippen LogP contribution in [-0.4, -0.2) is 22.8 Å². The summed E-state index contributed by atoms with van der Waals surface area (Å²) >= 11 is 0. The van der Waals surface area contributed by atoms with Crippen LogP contribution in [0.15, 0.2) is 42.5 Å². The van der Waals surface area contributed by atoms with Crippen LogP contribution in [0.4, 0.5) is 0 Å².